The second kappa shape index (κ2) is 11.0. The van der Waals surface area contributed by atoms with Crippen LogP contribution in [0.3, 0.4) is 0 Å². The lowest BCUT2D eigenvalue weighted by Crippen LogP contribution is -2.29. The molecule has 2 aliphatic heterocycles. The van der Waals surface area contributed by atoms with Crippen LogP contribution in [0.2, 0.25) is 0 Å². The van der Waals surface area contributed by atoms with Crippen molar-refractivity contribution in [1.82, 2.24) is 4.90 Å². The highest BCUT2D eigenvalue weighted by Crippen LogP contribution is 2.33. The van der Waals surface area contributed by atoms with Crippen LogP contribution in [0.4, 0.5) is 11.4 Å². The van der Waals surface area contributed by atoms with Crippen LogP contribution in [-0.2, 0) is 23.0 Å². The summed E-state index contributed by atoms with van der Waals surface area (Å²) < 4.78 is 25.7. The summed E-state index contributed by atoms with van der Waals surface area (Å²) in [6.45, 7) is 3.41. The van der Waals surface area contributed by atoms with Crippen LogP contribution in [0, 0.1) is 0 Å². The number of likely N-dealkylation sites (tertiary alicyclic amines) is 1. The minimum Gasteiger partial charge on any atom is -0.322 e. The first-order valence-corrected chi connectivity index (χ1v) is 14.1. The Balaban J connectivity index is 0.00000304. The number of amides is 1. The largest absolute Gasteiger partial charge is 0.322 e. The highest BCUT2D eigenvalue weighted by atomic mass is 35.5. The van der Waals surface area contributed by atoms with Gasteiger partial charge in [0.1, 0.15) is 0 Å². The molecule has 3 aromatic rings. The number of nitrogens with zero attached hydrogens (tertiary/aromatic N) is 2. The topological polar surface area (TPSA) is 69.7 Å². The predicted molar refractivity (Wildman–Crippen MR) is 149 cm³/mol. The average molecular weight is 526 g/mol. The zero-order chi connectivity index (χ0) is 24.4. The van der Waals surface area contributed by atoms with E-state index in [2.05, 4.69) is 22.3 Å². The molecule has 2 heterocycles. The van der Waals surface area contributed by atoms with E-state index in [1.165, 1.54) is 29.8 Å². The first-order chi connectivity index (χ1) is 16.9. The molecule has 1 saturated heterocycles. The van der Waals surface area contributed by atoms with E-state index in [9.17, 15) is 13.2 Å². The Bertz CT molecular complexity index is 1340. The molecule has 1 amide bonds. The van der Waals surface area contributed by atoms with Gasteiger partial charge in [-0.05, 0) is 78.9 Å². The highest BCUT2D eigenvalue weighted by Gasteiger charge is 2.26. The molecule has 0 radical (unpaired) electrons. The van der Waals surface area contributed by atoms with Crippen molar-refractivity contribution in [2.45, 2.75) is 32.2 Å². The first-order valence-electron chi connectivity index (χ1n) is 12.2. The minimum atomic E-state index is -3.35. The quantitative estimate of drug-likeness (QED) is 0.472. The molecule has 0 aromatic heterocycles. The number of carbonyl (C=O) groups is 1. The Morgan fingerprint density at radius 2 is 1.67 bits per heavy atom. The number of rotatable bonds is 6. The van der Waals surface area contributed by atoms with Gasteiger partial charge in [0.05, 0.1) is 11.9 Å². The molecule has 0 saturated carbocycles. The molecule has 3 aromatic carbocycles. The maximum absolute atomic E-state index is 13.2. The molecule has 36 heavy (non-hydrogen) atoms. The van der Waals surface area contributed by atoms with Crippen LogP contribution < -0.4 is 9.62 Å². The third-order valence-corrected chi connectivity index (χ3v) is 8.07. The molecule has 1 N–H and O–H groups in total. The maximum Gasteiger partial charge on any atom is 0.255 e. The number of fused-ring (bicyclic) bond motifs is 1. The summed E-state index contributed by atoms with van der Waals surface area (Å²) in [5, 5.41) is 2.98. The molecule has 0 atom stereocenters. The average Bonchev–Trinajstić information content (AvgIpc) is 3.29. The van der Waals surface area contributed by atoms with Gasteiger partial charge >= 0.3 is 0 Å². The van der Waals surface area contributed by atoms with Gasteiger partial charge in [0, 0.05) is 24.3 Å². The van der Waals surface area contributed by atoms with Crippen LogP contribution in [-0.4, -0.2) is 45.1 Å². The van der Waals surface area contributed by atoms with Crippen molar-refractivity contribution in [2.75, 3.05) is 35.5 Å². The number of hydrogen-bond acceptors (Lipinski definition) is 4. The van der Waals surface area contributed by atoms with Gasteiger partial charge < -0.3 is 5.32 Å². The maximum atomic E-state index is 13.2. The number of nitrogens with one attached hydrogen (secondary N) is 1. The van der Waals surface area contributed by atoms with Gasteiger partial charge in [-0.25, -0.2) is 8.42 Å². The highest BCUT2D eigenvalue weighted by molar-refractivity contribution is 7.92. The fourth-order valence-electron chi connectivity index (χ4n) is 5.10. The second-order valence-corrected chi connectivity index (χ2v) is 11.4. The van der Waals surface area contributed by atoms with Crippen molar-refractivity contribution in [2.24, 2.45) is 0 Å². The van der Waals surface area contributed by atoms with Crippen LogP contribution in [0.15, 0.2) is 66.7 Å². The molecule has 0 aliphatic carbocycles. The van der Waals surface area contributed by atoms with Crippen molar-refractivity contribution in [1.29, 1.82) is 0 Å². The smallest absolute Gasteiger partial charge is 0.255 e. The number of anilines is 2. The number of sulfonamides is 1. The summed E-state index contributed by atoms with van der Waals surface area (Å²) in [6.07, 6.45) is 5.60. The van der Waals surface area contributed by atoms with Gasteiger partial charge in [-0.3, -0.25) is 14.0 Å². The summed E-state index contributed by atoms with van der Waals surface area (Å²) in [5.74, 6) is -0.201. The van der Waals surface area contributed by atoms with E-state index >= 15 is 0 Å². The summed E-state index contributed by atoms with van der Waals surface area (Å²) >= 11 is 0. The molecule has 5 rings (SSSR count). The van der Waals surface area contributed by atoms with Crippen LogP contribution in [0.25, 0.3) is 11.1 Å². The summed E-state index contributed by atoms with van der Waals surface area (Å²) in [7, 11) is -3.35. The normalized spacial score (nSPS) is 15.8. The third kappa shape index (κ3) is 5.75. The Labute approximate surface area is 219 Å². The van der Waals surface area contributed by atoms with Gasteiger partial charge in [0.2, 0.25) is 10.0 Å². The summed E-state index contributed by atoms with van der Waals surface area (Å²) in [5.41, 5.74) is 6.24. The molecule has 1 fully saturated rings. The van der Waals surface area contributed by atoms with E-state index in [1.807, 2.05) is 48.5 Å². The van der Waals surface area contributed by atoms with Gasteiger partial charge in [0.25, 0.3) is 5.91 Å². The monoisotopic (exact) mass is 525 g/mol. The third-order valence-electron chi connectivity index (χ3n) is 6.89. The van der Waals surface area contributed by atoms with Gasteiger partial charge in [0.15, 0.2) is 0 Å². The zero-order valence-electron chi connectivity index (χ0n) is 20.4. The predicted octanol–water partition coefficient (Wildman–Crippen LogP) is 5.34. The summed E-state index contributed by atoms with van der Waals surface area (Å²) in [6, 6.07) is 21.7. The van der Waals surface area contributed by atoms with Gasteiger partial charge in [-0.15, -0.1) is 12.4 Å². The molecular weight excluding hydrogens is 494 g/mol. The zero-order valence-corrected chi connectivity index (χ0v) is 22.1. The van der Waals surface area contributed by atoms with E-state index in [-0.39, 0.29) is 18.3 Å². The van der Waals surface area contributed by atoms with Crippen molar-refractivity contribution >= 4 is 39.7 Å². The lowest BCUT2D eigenvalue weighted by Gasteiger charge is -2.27. The van der Waals surface area contributed by atoms with Crippen molar-refractivity contribution in [3.63, 3.8) is 0 Å². The fourth-order valence-corrected chi connectivity index (χ4v) is 6.05. The van der Waals surface area contributed by atoms with E-state index in [1.54, 1.807) is 6.07 Å². The molecule has 8 heteroatoms. The molecule has 2 aliphatic rings. The summed E-state index contributed by atoms with van der Waals surface area (Å²) in [4.78, 5) is 15.7. The fraction of sp³-hybridized carbons (Fsp3) is 0.321. The standard InChI is InChI=1S/C28H31N3O3S.ClH/c1-35(33,34)31-17-14-22-10-12-25(19-27(22)31)29-28(32)23-11-13-26(21-8-4-2-5-9-21)24(18-23)20-30-15-6-3-7-16-30;/h2,4-5,8-13,18-19H,3,6-7,14-17,20H2,1H3,(H,29,32);1H. The van der Waals surface area contributed by atoms with Crippen molar-refractivity contribution in [3.8, 4) is 11.1 Å². The molecule has 0 unspecified atom stereocenters. The minimum absolute atomic E-state index is 0. The van der Waals surface area contributed by atoms with E-state index in [0.717, 1.165) is 41.9 Å². The Morgan fingerprint density at radius 3 is 2.39 bits per heavy atom. The molecule has 0 bridgehead atoms. The van der Waals surface area contributed by atoms with E-state index < -0.39 is 10.0 Å². The number of piperidine rings is 1. The molecular formula is C28H32ClN3O3S. The second-order valence-electron chi connectivity index (χ2n) is 9.46. The van der Waals surface area contributed by atoms with Gasteiger partial charge in [-0.2, -0.15) is 0 Å². The first kappa shape index (κ1) is 26.2. The van der Waals surface area contributed by atoms with Crippen LogP contribution in [0.5, 0.6) is 0 Å². The van der Waals surface area contributed by atoms with Gasteiger partial charge in [-0.1, -0.05) is 48.9 Å². The Hall–Kier alpha value is -2.87. The molecule has 6 nitrogen and oxygen atoms in total. The van der Waals surface area contributed by atoms with Crippen molar-refractivity contribution in [3.05, 3.63) is 83.4 Å². The lowest BCUT2D eigenvalue weighted by atomic mass is 9.96. The van der Waals surface area contributed by atoms with Crippen molar-refractivity contribution < 1.29 is 13.2 Å². The van der Waals surface area contributed by atoms with E-state index in [0.29, 0.717) is 29.9 Å². The number of carbonyl (C=O) groups excluding carboxylic acids is 1. The SMILES string of the molecule is CS(=O)(=O)N1CCc2ccc(NC(=O)c3ccc(-c4ccccc4)c(CN4CCCCC4)c3)cc21.Cl. The lowest BCUT2D eigenvalue weighted by molar-refractivity contribution is 0.102. The van der Waals surface area contributed by atoms with Crippen LogP contribution >= 0.6 is 12.4 Å². The Morgan fingerprint density at radius 1 is 0.917 bits per heavy atom. The van der Waals surface area contributed by atoms with Crippen LogP contribution in [0.1, 0.15) is 40.7 Å². The molecule has 190 valence electrons. The van der Waals surface area contributed by atoms with E-state index in [4.69, 9.17) is 0 Å². The molecule has 0 spiro atoms. The number of hydrogen-bond donors (Lipinski definition) is 1. The number of halogens is 1. The Kier molecular flexibility index (Phi) is 8.03. The number of benzene rings is 3.